The van der Waals surface area contributed by atoms with E-state index in [9.17, 15) is 0 Å². The van der Waals surface area contributed by atoms with Crippen molar-refractivity contribution in [1.82, 2.24) is 0 Å². The normalized spacial score (nSPS) is 9.88. The molecule has 2 rings (SSSR count). The fourth-order valence-corrected chi connectivity index (χ4v) is 1.52. The van der Waals surface area contributed by atoms with E-state index >= 15 is 0 Å². The number of benzene rings is 2. The molecular weight excluding hydrogens is 222 g/mol. The maximum absolute atomic E-state index is 5.81. The van der Waals surface area contributed by atoms with Crippen LogP contribution < -0.4 is 10.1 Å². The van der Waals surface area contributed by atoms with Crippen molar-refractivity contribution in [3.05, 3.63) is 53.6 Å². The van der Waals surface area contributed by atoms with E-state index < -0.39 is 0 Å². The van der Waals surface area contributed by atoms with Gasteiger partial charge in [-0.15, -0.1) is 0 Å². The minimum atomic E-state index is 0.703. The Kier molecular flexibility index (Phi) is 3.32. The Bertz CT molecular complexity index is 468. The van der Waals surface area contributed by atoms with Gasteiger partial charge in [0.25, 0.3) is 0 Å². The molecule has 0 saturated heterocycles. The van der Waals surface area contributed by atoms with E-state index in [1.807, 2.05) is 43.4 Å². The van der Waals surface area contributed by atoms with Gasteiger partial charge in [0.05, 0.1) is 5.69 Å². The Balaban J connectivity index is 2.23. The summed E-state index contributed by atoms with van der Waals surface area (Å²) in [6, 6.07) is 15.1. The second kappa shape index (κ2) is 4.90. The number of para-hydroxylation sites is 2. The Morgan fingerprint density at radius 1 is 1.00 bits per heavy atom. The van der Waals surface area contributed by atoms with Crippen LogP contribution in [0.2, 0.25) is 5.02 Å². The van der Waals surface area contributed by atoms with Crippen molar-refractivity contribution in [2.45, 2.75) is 0 Å². The average Bonchev–Trinajstić information content (AvgIpc) is 2.33. The first-order chi connectivity index (χ1) is 7.79. The predicted octanol–water partition coefficient (Wildman–Crippen LogP) is 4.17. The van der Waals surface area contributed by atoms with Crippen molar-refractivity contribution in [2.24, 2.45) is 0 Å². The van der Waals surface area contributed by atoms with Crippen LogP contribution in [-0.4, -0.2) is 7.05 Å². The molecule has 1 N–H and O–H groups in total. The molecule has 2 aromatic carbocycles. The first-order valence-electron chi connectivity index (χ1n) is 5.00. The lowest BCUT2D eigenvalue weighted by Crippen LogP contribution is -1.92. The van der Waals surface area contributed by atoms with Gasteiger partial charge >= 0.3 is 0 Å². The zero-order valence-electron chi connectivity index (χ0n) is 8.91. The van der Waals surface area contributed by atoms with Crippen molar-refractivity contribution in [3.8, 4) is 11.5 Å². The molecule has 3 heteroatoms. The third-order valence-electron chi connectivity index (χ3n) is 2.20. The number of nitrogens with one attached hydrogen (secondary N) is 1. The number of hydrogen-bond donors (Lipinski definition) is 1. The Morgan fingerprint density at radius 3 is 2.38 bits per heavy atom. The fourth-order valence-electron chi connectivity index (χ4n) is 1.39. The molecule has 0 atom stereocenters. The summed E-state index contributed by atoms with van der Waals surface area (Å²) in [7, 11) is 1.87. The van der Waals surface area contributed by atoms with Crippen LogP contribution in [0.25, 0.3) is 0 Å². The first kappa shape index (κ1) is 10.8. The topological polar surface area (TPSA) is 21.3 Å². The van der Waals surface area contributed by atoms with Crippen LogP contribution in [0.4, 0.5) is 5.69 Å². The van der Waals surface area contributed by atoms with E-state index in [1.165, 1.54) is 0 Å². The van der Waals surface area contributed by atoms with Gasteiger partial charge in [0.15, 0.2) is 0 Å². The summed E-state index contributed by atoms with van der Waals surface area (Å²) in [5, 5.41) is 3.78. The molecule has 82 valence electrons. The molecule has 0 aromatic heterocycles. The van der Waals surface area contributed by atoms with Crippen LogP contribution in [0.1, 0.15) is 0 Å². The highest BCUT2D eigenvalue weighted by atomic mass is 35.5. The molecule has 16 heavy (non-hydrogen) atoms. The molecule has 2 aromatic rings. The minimum absolute atomic E-state index is 0.703. The van der Waals surface area contributed by atoms with Gasteiger partial charge in [0.1, 0.15) is 11.5 Å². The highest BCUT2D eigenvalue weighted by molar-refractivity contribution is 6.30. The number of halogens is 1. The Hall–Kier alpha value is -1.67. The molecule has 0 radical (unpaired) electrons. The van der Waals surface area contributed by atoms with E-state index in [4.69, 9.17) is 16.3 Å². The summed E-state index contributed by atoms with van der Waals surface area (Å²) in [4.78, 5) is 0. The maximum atomic E-state index is 5.81. The van der Waals surface area contributed by atoms with Gasteiger partial charge in [-0.05, 0) is 36.4 Å². The van der Waals surface area contributed by atoms with Gasteiger partial charge in [-0.25, -0.2) is 0 Å². The molecule has 0 spiro atoms. The molecule has 0 unspecified atom stereocenters. The SMILES string of the molecule is CNc1ccccc1Oc1ccc(Cl)cc1. The van der Waals surface area contributed by atoms with Gasteiger partial charge < -0.3 is 10.1 Å². The quantitative estimate of drug-likeness (QED) is 0.859. The smallest absolute Gasteiger partial charge is 0.150 e. The molecular formula is C13H12ClNO. The lowest BCUT2D eigenvalue weighted by atomic mass is 10.3. The van der Waals surface area contributed by atoms with Gasteiger partial charge in [-0.3, -0.25) is 0 Å². The van der Waals surface area contributed by atoms with Crippen molar-refractivity contribution in [1.29, 1.82) is 0 Å². The van der Waals surface area contributed by atoms with Gasteiger partial charge in [0, 0.05) is 12.1 Å². The van der Waals surface area contributed by atoms with E-state index in [1.54, 1.807) is 12.1 Å². The molecule has 0 heterocycles. The van der Waals surface area contributed by atoms with Crippen LogP contribution in [0, 0.1) is 0 Å². The maximum Gasteiger partial charge on any atom is 0.150 e. The molecule has 0 aliphatic rings. The third kappa shape index (κ3) is 2.47. The summed E-state index contributed by atoms with van der Waals surface area (Å²) >= 11 is 5.81. The second-order valence-electron chi connectivity index (χ2n) is 3.30. The molecule has 0 saturated carbocycles. The predicted molar refractivity (Wildman–Crippen MR) is 67.5 cm³/mol. The van der Waals surface area contributed by atoms with Crippen molar-refractivity contribution >= 4 is 17.3 Å². The number of anilines is 1. The fraction of sp³-hybridized carbons (Fsp3) is 0.0769. The summed E-state index contributed by atoms with van der Waals surface area (Å²) in [6.45, 7) is 0. The summed E-state index contributed by atoms with van der Waals surface area (Å²) in [5.74, 6) is 1.57. The molecule has 0 bridgehead atoms. The number of hydrogen-bond acceptors (Lipinski definition) is 2. The van der Waals surface area contributed by atoms with Gasteiger partial charge in [-0.2, -0.15) is 0 Å². The summed E-state index contributed by atoms with van der Waals surface area (Å²) in [6.07, 6.45) is 0. The number of rotatable bonds is 3. The summed E-state index contributed by atoms with van der Waals surface area (Å²) < 4.78 is 5.73. The third-order valence-corrected chi connectivity index (χ3v) is 2.45. The second-order valence-corrected chi connectivity index (χ2v) is 3.74. The van der Waals surface area contributed by atoms with Crippen LogP contribution in [0.15, 0.2) is 48.5 Å². The van der Waals surface area contributed by atoms with Crippen LogP contribution in [-0.2, 0) is 0 Å². The highest BCUT2D eigenvalue weighted by Gasteiger charge is 2.01. The van der Waals surface area contributed by atoms with Crippen molar-refractivity contribution in [2.75, 3.05) is 12.4 Å². The molecule has 0 amide bonds. The van der Waals surface area contributed by atoms with Crippen molar-refractivity contribution < 1.29 is 4.74 Å². The van der Waals surface area contributed by atoms with Crippen molar-refractivity contribution in [3.63, 3.8) is 0 Å². The molecule has 0 aliphatic heterocycles. The summed E-state index contributed by atoms with van der Waals surface area (Å²) in [5.41, 5.74) is 0.956. The monoisotopic (exact) mass is 233 g/mol. The van der Waals surface area contributed by atoms with Gasteiger partial charge in [-0.1, -0.05) is 23.7 Å². The first-order valence-corrected chi connectivity index (χ1v) is 5.37. The average molecular weight is 234 g/mol. The van der Waals surface area contributed by atoms with Gasteiger partial charge in [0.2, 0.25) is 0 Å². The Morgan fingerprint density at radius 2 is 1.69 bits per heavy atom. The molecule has 0 fully saturated rings. The van der Waals surface area contributed by atoms with E-state index in [0.29, 0.717) is 5.02 Å². The lowest BCUT2D eigenvalue weighted by molar-refractivity contribution is 0.484. The minimum Gasteiger partial charge on any atom is -0.455 e. The Labute approximate surface area is 99.8 Å². The standard InChI is InChI=1S/C13H12ClNO/c1-15-12-4-2-3-5-13(12)16-11-8-6-10(14)7-9-11/h2-9,15H,1H3. The largest absolute Gasteiger partial charge is 0.455 e. The zero-order valence-corrected chi connectivity index (χ0v) is 9.66. The number of ether oxygens (including phenoxy) is 1. The zero-order chi connectivity index (χ0) is 11.4. The van der Waals surface area contributed by atoms with Crippen LogP contribution in [0.3, 0.4) is 0 Å². The molecule has 2 nitrogen and oxygen atoms in total. The van der Waals surface area contributed by atoms with E-state index in [2.05, 4.69) is 5.32 Å². The van der Waals surface area contributed by atoms with Crippen LogP contribution in [0.5, 0.6) is 11.5 Å². The molecule has 0 aliphatic carbocycles. The van der Waals surface area contributed by atoms with Crippen LogP contribution >= 0.6 is 11.6 Å². The lowest BCUT2D eigenvalue weighted by Gasteiger charge is -2.10. The highest BCUT2D eigenvalue weighted by Crippen LogP contribution is 2.29. The van der Waals surface area contributed by atoms with E-state index in [-0.39, 0.29) is 0 Å². The van der Waals surface area contributed by atoms with E-state index in [0.717, 1.165) is 17.2 Å².